The maximum atomic E-state index is 4.21. The number of likely N-dealkylation sites (tertiary alicyclic amines) is 1. The van der Waals surface area contributed by atoms with Crippen LogP contribution in [-0.4, -0.2) is 41.0 Å². The van der Waals surface area contributed by atoms with E-state index in [0.717, 1.165) is 24.5 Å². The lowest BCUT2D eigenvalue weighted by Gasteiger charge is -2.14. The summed E-state index contributed by atoms with van der Waals surface area (Å²) in [6.45, 7) is 6.71. The van der Waals surface area contributed by atoms with Crippen molar-refractivity contribution in [3.05, 3.63) is 18.0 Å². The van der Waals surface area contributed by atoms with Crippen molar-refractivity contribution in [2.45, 2.75) is 26.2 Å². The number of rotatable bonds is 5. The lowest BCUT2D eigenvalue weighted by atomic mass is 10.4. The summed E-state index contributed by atoms with van der Waals surface area (Å²) < 4.78 is 0. The van der Waals surface area contributed by atoms with Gasteiger partial charge in [-0.3, -0.25) is 0 Å². The fourth-order valence-corrected chi connectivity index (χ4v) is 1.99. The third-order valence-electron chi connectivity index (χ3n) is 2.91. The van der Waals surface area contributed by atoms with E-state index in [4.69, 9.17) is 0 Å². The Morgan fingerprint density at radius 3 is 2.62 bits per heavy atom. The molecule has 2 heterocycles. The van der Waals surface area contributed by atoms with Gasteiger partial charge in [-0.25, -0.2) is 9.97 Å². The zero-order valence-corrected chi connectivity index (χ0v) is 9.95. The van der Waals surface area contributed by atoms with Crippen molar-refractivity contribution >= 4 is 5.95 Å². The zero-order chi connectivity index (χ0) is 11.2. The van der Waals surface area contributed by atoms with Crippen molar-refractivity contribution in [1.82, 2.24) is 14.9 Å². The first-order valence-electron chi connectivity index (χ1n) is 6.09. The molecular weight excluding hydrogens is 200 g/mol. The molecule has 1 aliphatic rings. The Bertz CT molecular complexity index is 303. The van der Waals surface area contributed by atoms with Gasteiger partial charge in [-0.05, 0) is 51.4 Å². The van der Waals surface area contributed by atoms with E-state index in [0.29, 0.717) is 0 Å². The molecular formula is C12H20N4. The van der Waals surface area contributed by atoms with Crippen molar-refractivity contribution in [2.24, 2.45) is 0 Å². The maximum absolute atomic E-state index is 4.21. The Hall–Kier alpha value is -1.16. The molecule has 2 rings (SSSR count). The summed E-state index contributed by atoms with van der Waals surface area (Å²) >= 11 is 0. The second kappa shape index (κ2) is 5.80. The molecule has 0 unspecified atom stereocenters. The average molecular weight is 220 g/mol. The van der Waals surface area contributed by atoms with Crippen LogP contribution in [0.1, 0.15) is 24.8 Å². The number of anilines is 1. The van der Waals surface area contributed by atoms with Crippen LogP contribution < -0.4 is 5.32 Å². The van der Waals surface area contributed by atoms with Gasteiger partial charge in [0, 0.05) is 18.9 Å². The summed E-state index contributed by atoms with van der Waals surface area (Å²) in [5.41, 5.74) is 1.10. The fraction of sp³-hybridized carbons (Fsp3) is 0.667. The summed E-state index contributed by atoms with van der Waals surface area (Å²) in [5, 5.41) is 3.25. The van der Waals surface area contributed by atoms with E-state index in [-0.39, 0.29) is 0 Å². The van der Waals surface area contributed by atoms with Crippen molar-refractivity contribution in [3.63, 3.8) is 0 Å². The Morgan fingerprint density at radius 1 is 1.25 bits per heavy atom. The van der Waals surface area contributed by atoms with Crippen LogP contribution in [0.3, 0.4) is 0 Å². The zero-order valence-electron chi connectivity index (χ0n) is 9.95. The molecule has 0 amide bonds. The van der Waals surface area contributed by atoms with Gasteiger partial charge in [0.05, 0.1) is 0 Å². The Balaban J connectivity index is 1.62. The van der Waals surface area contributed by atoms with Crippen molar-refractivity contribution in [1.29, 1.82) is 0 Å². The minimum atomic E-state index is 0.743. The molecule has 0 bridgehead atoms. The summed E-state index contributed by atoms with van der Waals surface area (Å²) in [4.78, 5) is 10.9. The first-order valence-corrected chi connectivity index (χ1v) is 6.09. The standard InChI is InChI=1S/C12H20N4/c1-11-9-14-12(15-10-11)13-5-4-8-16-6-2-3-7-16/h9-10H,2-8H2,1H3,(H,13,14,15). The molecule has 88 valence electrons. The van der Waals surface area contributed by atoms with Crippen LogP contribution >= 0.6 is 0 Å². The number of hydrogen-bond acceptors (Lipinski definition) is 4. The third kappa shape index (κ3) is 3.45. The molecule has 0 atom stereocenters. The fourth-order valence-electron chi connectivity index (χ4n) is 1.99. The van der Waals surface area contributed by atoms with Gasteiger partial charge in [0.25, 0.3) is 0 Å². The second-order valence-electron chi connectivity index (χ2n) is 4.41. The molecule has 0 radical (unpaired) electrons. The number of aromatic nitrogens is 2. The van der Waals surface area contributed by atoms with Crippen molar-refractivity contribution < 1.29 is 0 Å². The molecule has 4 heteroatoms. The van der Waals surface area contributed by atoms with Gasteiger partial charge >= 0.3 is 0 Å². The van der Waals surface area contributed by atoms with E-state index in [1.807, 2.05) is 19.3 Å². The number of aryl methyl sites for hydroxylation is 1. The molecule has 16 heavy (non-hydrogen) atoms. The lowest BCUT2D eigenvalue weighted by molar-refractivity contribution is 0.337. The monoisotopic (exact) mass is 220 g/mol. The predicted molar refractivity (Wildman–Crippen MR) is 65.5 cm³/mol. The molecule has 0 saturated carbocycles. The highest BCUT2D eigenvalue weighted by atomic mass is 15.1. The van der Waals surface area contributed by atoms with Crippen LogP contribution in [0.25, 0.3) is 0 Å². The third-order valence-corrected chi connectivity index (χ3v) is 2.91. The Morgan fingerprint density at radius 2 is 1.94 bits per heavy atom. The highest BCUT2D eigenvalue weighted by Crippen LogP contribution is 2.07. The number of hydrogen-bond donors (Lipinski definition) is 1. The van der Waals surface area contributed by atoms with Gasteiger partial charge in [-0.1, -0.05) is 0 Å². The summed E-state index contributed by atoms with van der Waals surface area (Å²) in [6.07, 6.45) is 7.59. The van der Waals surface area contributed by atoms with Gasteiger partial charge in [0.2, 0.25) is 5.95 Å². The highest BCUT2D eigenvalue weighted by molar-refractivity contribution is 5.23. The molecule has 1 saturated heterocycles. The van der Waals surface area contributed by atoms with Crippen LogP contribution in [0.2, 0.25) is 0 Å². The molecule has 1 aromatic rings. The normalized spacial score (nSPS) is 16.6. The van der Waals surface area contributed by atoms with E-state index < -0.39 is 0 Å². The SMILES string of the molecule is Cc1cnc(NCCCN2CCCC2)nc1. The molecule has 4 nitrogen and oxygen atoms in total. The van der Waals surface area contributed by atoms with E-state index in [9.17, 15) is 0 Å². The molecule has 0 spiro atoms. The molecule has 1 fully saturated rings. The van der Waals surface area contributed by atoms with E-state index in [1.165, 1.54) is 32.5 Å². The van der Waals surface area contributed by atoms with Gasteiger partial charge in [-0.15, -0.1) is 0 Å². The van der Waals surface area contributed by atoms with Crippen molar-refractivity contribution in [3.8, 4) is 0 Å². The summed E-state index contributed by atoms with van der Waals surface area (Å²) in [5.74, 6) is 0.743. The van der Waals surface area contributed by atoms with Crippen molar-refractivity contribution in [2.75, 3.05) is 31.5 Å². The van der Waals surface area contributed by atoms with Crippen LogP contribution in [0.4, 0.5) is 5.95 Å². The summed E-state index contributed by atoms with van der Waals surface area (Å²) in [6, 6.07) is 0. The first-order chi connectivity index (χ1) is 7.84. The lowest BCUT2D eigenvalue weighted by Crippen LogP contribution is -2.22. The molecule has 1 aliphatic heterocycles. The Kier molecular flexibility index (Phi) is 4.10. The molecule has 1 N–H and O–H groups in total. The second-order valence-corrected chi connectivity index (χ2v) is 4.41. The molecule has 1 aromatic heterocycles. The van der Waals surface area contributed by atoms with E-state index in [1.54, 1.807) is 0 Å². The Labute approximate surface area is 97.1 Å². The minimum absolute atomic E-state index is 0.743. The largest absolute Gasteiger partial charge is 0.354 e. The van der Waals surface area contributed by atoms with Gasteiger partial charge < -0.3 is 10.2 Å². The van der Waals surface area contributed by atoms with Crippen LogP contribution in [0.5, 0.6) is 0 Å². The predicted octanol–water partition coefficient (Wildman–Crippen LogP) is 1.68. The number of nitrogens with zero attached hydrogens (tertiary/aromatic N) is 3. The van der Waals surface area contributed by atoms with Gasteiger partial charge in [0.15, 0.2) is 0 Å². The smallest absolute Gasteiger partial charge is 0.222 e. The highest BCUT2D eigenvalue weighted by Gasteiger charge is 2.09. The quantitative estimate of drug-likeness (QED) is 0.767. The molecule has 0 aliphatic carbocycles. The van der Waals surface area contributed by atoms with E-state index >= 15 is 0 Å². The molecule has 0 aromatic carbocycles. The topological polar surface area (TPSA) is 41.1 Å². The van der Waals surface area contributed by atoms with Crippen LogP contribution in [0.15, 0.2) is 12.4 Å². The van der Waals surface area contributed by atoms with Gasteiger partial charge in [-0.2, -0.15) is 0 Å². The minimum Gasteiger partial charge on any atom is -0.354 e. The van der Waals surface area contributed by atoms with E-state index in [2.05, 4.69) is 20.2 Å². The summed E-state index contributed by atoms with van der Waals surface area (Å²) in [7, 11) is 0. The van der Waals surface area contributed by atoms with Crippen LogP contribution in [0, 0.1) is 6.92 Å². The average Bonchev–Trinajstić information content (AvgIpc) is 2.80. The first kappa shape index (κ1) is 11.3. The number of nitrogens with one attached hydrogen (secondary N) is 1. The van der Waals surface area contributed by atoms with Gasteiger partial charge in [0.1, 0.15) is 0 Å². The van der Waals surface area contributed by atoms with Crippen LogP contribution in [-0.2, 0) is 0 Å². The maximum Gasteiger partial charge on any atom is 0.222 e.